The maximum atomic E-state index is 14.1. The number of rotatable bonds is 7. The molecule has 1 aromatic rings. The number of hydrogen-bond acceptors (Lipinski definition) is 19. The standard InChI is InChI=1S/C38H47NO18/c1-17-10-11-24-12-13-39-14-25(24)34(47)50-15-35(8)26-27(51-19(3)41)31(54-22(6)44)37(16-49-18(2)40)32(55-23(7)45)28(52-20(4)42)30(56-33(17)46)36(9,48)38(37,57-35)29(26)53-21(5)43/h12-14,17,26-32,48H,10-11,15-16H2,1-9H3/t17-,26+,27-,28+,29-,30+,31-,32+,35-,36+,37+,38+/m1/s1. The van der Waals surface area contributed by atoms with Crippen LogP contribution in [0, 0.1) is 17.3 Å². The van der Waals surface area contributed by atoms with E-state index in [2.05, 4.69) is 4.98 Å². The Hall–Kier alpha value is -5.17. The van der Waals surface area contributed by atoms with E-state index < -0.39 is 132 Å². The van der Waals surface area contributed by atoms with Crippen LogP contribution >= 0.6 is 0 Å². The first-order valence-electron chi connectivity index (χ1n) is 18.3. The Morgan fingerprint density at radius 3 is 1.91 bits per heavy atom. The zero-order valence-corrected chi connectivity index (χ0v) is 33.0. The molecule has 0 aromatic carbocycles. The third-order valence-corrected chi connectivity index (χ3v) is 11.2. The summed E-state index contributed by atoms with van der Waals surface area (Å²) in [6, 6.07) is 1.56. The SMILES string of the molecule is CC(=O)OC[C@@]12[C@H](OC(C)=O)[C@H](OC(C)=O)[C@H]3[C@@H](OC(C)=O)[C@@]14O[C@]3(C)COC(=O)c1cnccc1CC[C@@H](C)C(=O)O[C@@H]([C@H](OC(C)=O)[C@@H]2OC(C)=O)[C@]4(C)O. The molecular formula is C38H47NO18. The second kappa shape index (κ2) is 15.6. The van der Waals surface area contributed by atoms with E-state index in [0.29, 0.717) is 5.56 Å². The summed E-state index contributed by atoms with van der Waals surface area (Å²) in [6.07, 6.45) is -8.92. The molecule has 2 saturated carbocycles. The van der Waals surface area contributed by atoms with Gasteiger partial charge in [-0.3, -0.25) is 38.5 Å². The molecule has 12 atom stereocenters. The molecular weight excluding hydrogens is 758 g/mol. The van der Waals surface area contributed by atoms with E-state index in [0.717, 1.165) is 48.5 Å². The molecule has 2 aliphatic heterocycles. The van der Waals surface area contributed by atoms with Crippen LogP contribution < -0.4 is 0 Å². The maximum absolute atomic E-state index is 14.1. The highest BCUT2D eigenvalue weighted by Gasteiger charge is 2.92. The number of ether oxygens (including phenoxy) is 9. The van der Waals surface area contributed by atoms with E-state index in [1.165, 1.54) is 26.2 Å². The second-order valence-corrected chi connectivity index (χ2v) is 15.3. The predicted molar refractivity (Wildman–Crippen MR) is 185 cm³/mol. The van der Waals surface area contributed by atoms with Crippen LogP contribution in [0.1, 0.15) is 84.7 Å². The van der Waals surface area contributed by atoms with Crippen molar-refractivity contribution >= 4 is 47.8 Å². The van der Waals surface area contributed by atoms with Crippen molar-refractivity contribution in [1.29, 1.82) is 0 Å². The number of carbonyl (C=O) groups excluding carboxylic acids is 8. The molecule has 3 fully saturated rings. The van der Waals surface area contributed by atoms with E-state index in [1.807, 2.05) is 0 Å². The first-order chi connectivity index (χ1) is 26.5. The molecule has 2 aliphatic carbocycles. The fourth-order valence-corrected chi connectivity index (χ4v) is 9.18. The molecule has 0 amide bonds. The van der Waals surface area contributed by atoms with E-state index in [9.17, 15) is 43.5 Å². The lowest BCUT2D eigenvalue weighted by Crippen LogP contribution is -2.89. The van der Waals surface area contributed by atoms with Gasteiger partial charge in [-0.05, 0) is 38.3 Å². The van der Waals surface area contributed by atoms with Crippen molar-refractivity contribution in [3.63, 3.8) is 0 Å². The average Bonchev–Trinajstić information content (AvgIpc) is 3.32. The number of hydrogen-bond donors (Lipinski definition) is 1. The van der Waals surface area contributed by atoms with Gasteiger partial charge in [0.2, 0.25) is 0 Å². The van der Waals surface area contributed by atoms with Crippen molar-refractivity contribution in [2.75, 3.05) is 13.2 Å². The molecule has 19 heteroatoms. The molecule has 4 aliphatic rings. The largest absolute Gasteiger partial charge is 0.465 e. The summed E-state index contributed by atoms with van der Waals surface area (Å²) >= 11 is 0. The molecule has 5 rings (SSSR count). The van der Waals surface area contributed by atoms with Crippen molar-refractivity contribution in [3.8, 4) is 0 Å². The van der Waals surface area contributed by atoms with Crippen molar-refractivity contribution in [2.24, 2.45) is 17.3 Å². The number of nitrogens with zero attached hydrogens (tertiary/aromatic N) is 1. The van der Waals surface area contributed by atoms with E-state index in [1.54, 1.807) is 6.07 Å². The summed E-state index contributed by atoms with van der Waals surface area (Å²) in [6.45, 7) is 8.17. The van der Waals surface area contributed by atoms with Crippen LogP contribution in [0.4, 0.5) is 0 Å². The Bertz CT molecular complexity index is 1840. The Morgan fingerprint density at radius 2 is 1.35 bits per heavy atom. The number of carbonyl (C=O) groups is 8. The first-order valence-corrected chi connectivity index (χ1v) is 18.3. The normalized spacial score (nSPS) is 37.1. The second-order valence-electron chi connectivity index (χ2n) is 15.3. The lowest BCUT2D eigenvalue weighted by atomic mass is 9.45. The summed E-state index contributed by atoms with van der Waals surface area (Å²) in [5.41, 5.74) is -9.68. The average molecular weight is 806 g/mol. The van der Waals surface area contributed by atoms with Crippen molar-refractivity contribution in [2.45, 2.75) is 129 Å². The van der Waals surface area contributed by atoms with Gasteiger partial charge in [-0.25, -0.2) is 4.79 Å². The van der Waals surface area contributed by atoms with Crippen LogP contribution in [0.15, 0.2) is 18.5 Å². The highest BCUT2D eigenvalue weighted by atomic mass is 16.7. The smallest absolute Gasteiger partial charge is 0.340 e. The molecule has 312 valence electrons. The van der Waals surface area contributed by atoms with Crippen LogP contribution in [-0.2, 0) is 82.6 Å². The molecule has 0 radical (unpaired) electrons. The highest BCUT2D eigenvalue weighted by molar-refractivity contribution is 5.90. The maximum Gasteiger partial charge on any atom is 0.340 e. The fraction of sp³-hybridized carbons (Fsp3) is 0.658. The quantitative estimate of drug-likeness (QED) is 0.296. The number of esters is 8. The summed E-state index contributed by atoms with van der Waals surface area (Å²) in [5, 5.41) is 13.4. The number of aliphatic hydroxyl groups is 1. The molecule has 57 heavy (non-hydrogen) atoms. The molecule has 1 N–H and O–H groups in total. The van der Waals surface area contributed by atoms with Gasteiger partial charge in [0.05, 0.1) is 17.4 Å². The van der Waals surface area contributed by atoms with Crippen LogP contribution in [0.3, 0.4) is 0 Å². The van der Waals surface area contributed by atoms with Crippen LogP contribution in [0.25, 0.3) is 0 Å². The zero-order chi connectivity index (χ0) is 42.4. The third-order valence-electron chi connectivity index (χ3n) is 11.2. The van der Waals surface area contributed by atoms with Gasteiger partial charge in [0.25, 0.3) is 0 Å². The lowest BCUT2D eigenvalue weighted by molar-refractivity contribution is -0.386. The Kier molecular flexibility index (Phi) is 11.8. The Labute approximate surface area is 327 Å². The first kappa shape index (κ1) is 43.0. The summed E-state index contributed by atoms with van der Waals surface area (Å²) < 4.78 is 54.2. The van der Waals surface area contributed by atoms with Crippen LogP contribution in [0.5, 0.6) is 0 Å². The van der Waals surface area contributed by atoms with Crippen LogP contribution in [-0.4, -0.2) is 124 Å². The molecule has 1 saturated heterocycles. The molecule has 1 spiro atoms. The molecule has 19 nitrogen and oxygen atoms in total. The van der Waals surface area contributed by atoms with Gasteiger partial charge >= 0.3 is 47.8 Å². The third kappa shape index (κ3) is 7.30. The van der Waals surface area contributed by atoms with E-state index in [-0.39, 0.29) is 18.4 Å². The summed E-state index contributed by atoms with van der Waals surface area (Å²) in [4.78, 5) is 111. The minimum absolute atomic E-state index is 0.0290. The summed E-state index contributed by atoms with van der Waals surface area (Å²) in [5.74, 6) is -10.5. The van der Waals surface area contributed by atoms with Crippen LogP contribution in [0.2, 0.25) is 0 Å². The highest BCUT2D eigenvalue weighted by Crippen LogP contribution is 2.70. The van der Waals surface area contributed by atoms with Gasteiger partial charge in [-0.1, -0.05) is 6.92 Å². The zero-order valence-electron chi connectivity index (χ0n) is 33.0. The molecule has 0 unspecified atom stereocenters. The van der Waals surface area contributed by atoms with Crippen molar-refractivity contribution in [3.05, 3.63) is 29.6 Å². The van der Waals surface area contributed by atoms with Crippen molar-refractivity contribution in [1.82, 2.24) is 4.98 Å². The number of fused-ring (bicyclic) bond motifs is 5. The lowest BCUT2D eigenvalue weighted by Gasteiger charge is -2.67. The van der Waals surface area contributed by atoms with Gasteiger partial charge in [0, 0.05) is 53.9 Å². The van der Waals surface area contributed by atoms with Gasteiger partial charge in [-0.2, -0.15) is 0 Å². The molecule has 3 heterocycles. The van der Waals surface area contributed by atoms with Gasteiger partial charge in [-0.15, -0.1) is 0 Å². The van der Waals surface area contributed by atoms with E-state index >= 15 is 0 Å². The number of pyridine rings is 1. The number of aromatic nitrogens is 1. The van der Waals surface area contributed by atoms with Gasteiger partial charge in [0.1, 0.15) is 42.0 Å². The summed E-state index contributed by atoms with van der Waals surface area (Å²) in [7, 11) is 0. The number of cyclic esters (lactones) is 1. The topological polar surface area (TPSA) is 253 Å². The molecule has 1 aromatic heterocycles. The monoisotopic (exact) mass is 805 g/mol. The molecule has 4 bridgehead atoms. The van der Waals surface area contributed by atoms with Gasteiger partial charge < -0.3 is 47.7 Å². The van der Waals surface area contributed by atoms with E-state index in [4.69, 9.17) is 42.6 Å². The van der Waals surface area contributed by atoms with Crippen molar-refractivity contribution < 1.29 is 86.1 Å². The Balaban J connectivity index is 1.99. The Morgan fingerprint density at radius 1 is 0.807 bits per heavy atom. The minimum Gasteiger partial charge on any atom is -0.465 e. The minimum atomic E-state index is -2.80. The fourth-order valence-electron chi connectivity index (χ4n) is 9.18. The predicted octanol–water partition coefficient (Wildman–Crippen LogP) is 0.863. The van der Waals surface area contributed by atoms with Gasteiger partial charge in [0.15, 0.2) is 30.0 Å². The number of aryl methyl sites for hydroxylation is 1.